The van der Waals surface area contributed by atoms with Crippen LogP contribution in [0.2, 0.25) is 0 Å². The van der Waals surface area contributed by atoms with Crippen LogP contribution in [0.15, 0.2) is 42.5 Å². The molecule has 230 valence electrons. The van der Waals surface area contributed by atoms with Crippen molar-refractivity contribution >= 4 is 11.9 Å². The molecule has 9 heteroatoms. The van der Waals surface area contributed by atoms with Crippen molar-refractivity contribution in [3.63, 3.8) is 0 Å². The van der Waals surface area contributed by atoms with Crippen molar-refractivity contribution in [2.45, 2.75) is 96.2 Å². The van der Waals surface area contributed by atoms with E-state index in [0.29, 0.717) is 19.6 Å². The molecule has 2 atom stereocenters. The highest BCUT2D eigenvalue weighted by Crippen LogP contribution is 2.32. The van der Waals surface area contributed by atoms with E-state index in [-0.39, 0.29) is 5.91 Å². The van der Waals surface area contributed by atoms with Crippen molar-refractivity contribution in [1.82, 2.24) is 16.0 Å². The normalized spacial score (nSPS) is 20.0. The Kier molecular flexibility index (Phi) is 11.4. The number of unbranched alkanes of at least 4 members (excludes halogenated alkanes) is 4. The average Bonchev–Trinajstić information content (AvgIpc) is 3.20. The van der Waals surface area contributed by atoms with Gasteiger partial charge in [0.2, 0.25) is 5.79 Å². The predicted octanol–water partition coefficient (Wildman–Crippen LogP) is 4.70. The lowest BCUT2D eigenvalue weighted by molar-refractivity contribution is -0.180. The summed E-state index contributed by atoms with van der Waals surface area (Å²) < 4.78 is 17.4. The summed E-state index contributed by atoms with van der Waals surface area (Å²) in [5.41, 5.74) is 3.23. The number of nitrogens with one attached hydrogen (secondary N) is 3. The fourth-order valence-corrected chi connectivity index (χ4v) is 5.37. The molecule has 9 nitrogen and oxygen atoms in total. The lowest BCUT2D eigenvalue weighted by Crippen LogP contribution is -2.45. The van der Waals surface area contributed by atoms with E-state index in [2.05, 4.69) is 28.1 Å². The van der Waals surface area contributed by atoms with Crippen molar-refractivity contribution in [3.8, 4) is 5.75 Å². The third kappa shape index (κ3) is 9.52. The number of benzene rings is 2. The zero-order valence-electron chi connectivity index (χ0n) is 25.3. The summed E-state index contributed by atoms with van der Waals surface area (Å²) >= 11 is 0. The van der Waals surface area contributed by atoms with Gasteiger partial charge >= 0.3 is 6.03 Å². The van der Waals surface area contributed by atoms with Crippen molar-refractivity contribution in [3.05, 3.63) is 64.7 Å². The van der Waals surface area contributed by atoms with Gasteiger partial charge in [0.1, 0.15) is 11.3 Å². The number of rotatable bonds is 17. The molecule has 1 saturated heterocycles. The topological polar surface area (TPSA) is 118 Å². The van der Waals surface area contributed by atoms with Gasteiger partial charge in [0.15, 0.2) is 0 Å². The van der Waals surface area contributed by atoms with Crippen LogP contribution in [0.1, 0.15) is 87.7 Å². The first kappa shape index (κ1) is 31.9. The zero-order valence-corrected chi connectivity index (χ0v) is 25.3. The molecule has 4 rings (SSSR count). The average molecular weight is 582 g/mol. The molecule has 0 bridgehead atoms. The molecule has 0 unspecified atom stereocenters. The van der Waals surface area contributed by atoms with Crippen molar-refractivity contribution in [2.75, 3.05) is 26.3 Å². The Morgan fingerprint density at radius 2 is 1.74 bits per heavy atom. The van der Waals surface area contributed by atoms with Crippen molar-refractivity contribution in [2.24, 2.45) is 0 Å². The SMILES string of the molecule is CC1(C)OCc2cc([C@H](O)CNCCCCCCOCCCCc3cccc(C[C@@]4(C)NC(=O)NC4=O)c3)ccc2O1. The highest BCUT2D eigenvalue weighted by molar-refractivity contribution is 6.06. The molecule has 0 spiro atoms. The molecule has 0 saturated carbocycles. The number of amides is 3. The molecule has 0 aliphatic carbocycles. The van der Waals surface area contributed by atoms with E-state index in [0.717, 1.165) is 87.1 Å². The Bertz CT molecular complexity index is 1200. The van der Waals surface area contributed by atoms with Gasteiger partial charge in [-0.15, -0.1) is 0 Å². The third-order valence-corrected chi connectivity index (χ3v) is 7.80. The van der Waals surface area contributed by atoms with Gasteiger partial charge < -0.3 is 30.0 Å². The summed E-state index contributed by atoms with van der Waals surface area (Å²) in [5, 5.41) is 19.0. The first-order valence-electron chi connectivity index (χ1n) is 15.3. The number of carbonyl (C=O) groups excluding carboxylic acids is 2. The number of aryl methyl sites for hydroxylation is 1. The number of aliphatic hydroxyl groups is 1. The van der Waals surface area contributed by atoms with Crippen LogP contribution in [0.4, 0.5) is 4.79 Å². The maximum Gasteiger partial charge on any atom is 0.322 e. The molecule has 2 aromatic carbocycles. The van der Waals surface area contributed by atoms with Crippen LogP contribution >= 0.6 is 0 Å². The maximum absolute atomic E-state index is 12.1. The van der Waals surface area contributed by atoms with Crippen LogP contribution in [0, 0.1) is 0 Å². The van der Waals surface area contributed by atoms with Crippen molar-refractivity contribution < 1.29 is 28.9 Å². The minimum absolute atomic E-state index is 0.277. The Hall–Kier alpha value is -2.98. The second-order valence-corrected chi connectivity index (χ2v) is 12.1. The Labute approximate surface area is 249 Å². The largest absolute Gasteiger partial charge is 0.463 e. The van der Waals surface area contributed by atoms with Crippen LogP contribution in [-0.2, 0) is 33.7 Å². The molecule has 3 amide bonds. The molecule has 0 radical (unpaired) electrons. The second-order valence-electron chi connectivity index (χ2n) is 12.1. The number of hydrogen-bond donors (Lipinski definition) is 4. The summed E-state index contributed by atoms with van der Waals surface area (Å²) in [6.45, 7) is 8.99. The van der Waals surface area contributed by atoms with E-state index in [1.54, 1.807) is 6.92 Å². The predicted molar refractivity (Wildman–Crippen MR) is 161 cm³/mol. The molecule has 2 heterocycles. The summed E-state index contributed by atoms with van der Waals surface area (Å²) in [6, 6.07) is 13.6. The van der Waals surface area contributed by atoms with Crippen LogP contribution in [-0.4, -0.2) is 54.7 Å². The second kappa shape index (κ2) is 15.0. The quantitative estimate of drug-likeness (QED) is 0.158. The fraction of sp³-hybridized carbons (Fsp3) is 0.576. The van der Waals surface area contributed by atoms with E-state index >= 15 is 0 Å². The van der Waals surface area contributed by atoms with Crippen LogP contribution in [0.25, 0.3) is 0 Å². The fourth-order valence-electron chi connectivity index (χ4n) is 5.37. The van der Waals surface area contributed by atoms with Crippen LogP contribution in [0.3, 0.4) is 0 Å². The smallest absolute Gasteiger partial charge is 0.322 e. The van der Waals surface area contributed by atoms with E-state index < -0.39 is 23.5 Å². The van der Waals surface area contributed by atoms with E-state index in [1.165, 1.54) is 5.56 Å². The Morgan fingerprint density at radius 3 is 2.52 bits per heavy atom. The zero-order chi connectivity index (χ0) is 30.0. The monoisotopic (exact) mass is 581 g/mol. The number of urea groups is 1. The molecule has 1 fully saturated rings. The first-order valence-corrected chi connectivity index (χ1v) is 15.3. The van der Waals surface area contributed by atoms with E-state index in [4.69, 9.17) is 14.2 Å². The van der Waals surface area contributed by atoms with Gasteiger partial charge in [0, 0.05) is 45.6 Å². The summed E-state index contributed by atoms with van der Waals surface area (Å²) in [7, 11) is 0. The summed E-state index contributed by atoms with van der Waals surface area (Å²) in [5.74, 6) is -0.0710. The van der Waals surface area contributed by atoms with Gasteiger partial charge in [0.05, 0.1) is 12.7 Å². The highest BCUT2D eigenvalue weighted by atomic mass is 16.7. The van der Waals surface area contributed by atoms with Crippen LogP contribution < -0.4 is 20.7 Å². The molecule has 0 aromatic heterocycles. The van der Waals surface area contributed by atoms with E-state index in [9.17, 15) is 14.7 Å². The number of ether oxygens (including phenoxy) is 3. The lowest BCUT2D eigenvalue weighted by Gasteiger charge is -2.33. The van der Waals surface area contributed by atoms with Gasteiger partial charge in [-0.05, 0) is 74.4 Å². The number of carbonyl (C=O) groups is 2. The van der Waals surface area contributed by atoms with E-state index in [1.807, 2.05) is 44.2 Å². The van der Waals surface area contributed by atoms with Gasteiger partial charge in [-0.25, -0.2) is 4.79 Å². The third-order valence-electron chi connectivity index (χ3n) is 7.80. The van der Waals surface area contributed by atoms with Gasteiger partial charge in [-0.2, -0.15) is 0 Å². The molecule has 2 aromatic rings. The summed E-state index contributed by atoms with van der Waals surface area (Å²) in [4.78, 5) is 23.6. The number of hydrogen-bond acceptors (Lipinski definition) is 7. The maximum atomic E-state index is 12.1. The molecule has 2 aliphatic heterocycles. The van der Waals surface area contributed by atoms with Crippen molar-refractivity contribution in [1.29, 1.82) is 0 Å². The van der Waals surface area contributed by atoms with Gasteiger partial charge in [0.25, 0.3) is 5.91 Å². The Balaban J connectivity index is 0.982. The number of aliphatic hydroxyl groups excluding tert-OH is 1. The molecule has 4 N–H and O–H groups in total. The van der Waals surface area contributed by atoms with Gasteiger partial charge in [-0.3, -0.25) is 10.1 Å². The number of fused-ring (bicyclic) bond motifs is 1. The molecular formula is C33H47N3O6. The minimum Gasteiger partial charge on any atom is -0.463 e. The Morgan fingerprint density at radius 1 is 0.976 bits per heavy atom. The highest BCUT2D eigenvalue weighted by Gasteiger charge is 2.41. The standard InChI is InChI=1S/C33H47N3O6/c1-32(2)41-23-27-20-26(14-15-29(27)42-32)28(37)22-34-16-7-4-5-8-17-40-18-9-6-11-24-12-10-13-25(19-24)21-33(3)30(38)35-31(39)36-33/h10,12-15,19-20,28,34,37H,4-9,11,16-18,21-23H2,1-3H3,(H2,35,36,38,39)/t28-,33-/m1/s1. The number of imide groups is 1. The lowest BCUT2D eigenvalue weighted by atomic mass is 9.92. The summed E-state index contributed by atoms with van der Waals surface area (Å²) in [6.07, 6.45) is 7.33. The van der Waals surface area contributed by atoms with Gasteiger partial charge in [-0.1, -0.05) is 43.2 Å². The molecule has 42 heavy (non-hydrogen) atoms. The molecular weight excluding hydrogens is 534 g/mol. The molecule has 2 aliphatic rings. The van der Waals surface area contributed by atoms with Crippen LogP contribution in [0.5, 0.6) is 5.75 Å². The first-order chi connectivity index (χ1) is 20.1. The minimum atomic E-state index is -0.893.